The summed E-state index contributed by atoms with van der Waals surface area (Å²) >= 11 is 0. The first-order valence-electron chi connectivity index (χ1n) is 6.72. The summed E-state index contributed by atoms with van der Waals surface area (Å²) in [5.41, 5.74) is 0.974. The second kappa shape index (κ2) is 5.61. The molecule has 106 valence electrons. The zero-order valence-electron chi connectivity index (χ0n) is 11.8. The van der Waals surface area contributed by atoms with Gasteiger partial charge in [-0.25, -0.2) is 8.42 Å². The molecule has 19 heavy (non-hydrogen) atoms. The first-order valence-corrected chi connectivity index (χ1v) is 8.16. The molecule has 2 rings (SSSR count). The Morgan fingerprint density at radius 2 is 1.74 bits per heavy atom. The summed E-state index contributed by atoms with van der Waals surface area (Å²) < 4.78 is 26.6. The number of rotatable bonds is 3. The molecule has 0 saturated carbocycles. The third-order valence-electron chi connectivity index (χ3n) is 3.63. The molecule has 1 aromatic carbocycles. The Kier molecular flexibility index (Phi) is 4.28. The number of hydrogen-bond donors (Lipinski definition) is 0. The lowest BCUT2D eigenvalue weighted by atomic mass is 10.2. The van der Waals surface area contributed by atoms with Crippen LogP contribution in [-0.2, 0) is 10.0 Å². The van der Waals surface area contributed by atoms with Crippen molar-refractivity contribution in [3.8, 4) is 0 Å². The lowest BCUT2D eigenvalue weighted by molar-refractivity contribution is 0.154. The van der Waals surface area contributed by atoms with Crippen LogP contribution in [0.1, 0.15) is 19.4 Å². The summed E-state index contributed by atoms with van der Waals surface area (Å²) in [7, 11) is -3.33. The highest BCUT2D eigenvalue weighted by molar-refractivity contribution is 7.89. The molecular formula is C14H22N2O2S. The van der Waals surface area contributed by atoms with Gasteiger partial charge in [-0.2, -0.15) is 4.31 Å². The zero-order valence-corrected chi connectivity index (χ0v) is 12.7. The molecule has 0 amide bonds. The van der Waals surface area contributed by atoms with E-state index in [-0.39, 0.29) is 0 Å². The minimum absolute atomic E-state index is 0.408. The van der Waals surface area contributed by atoms with E-state index in [1.807, 2.05) is 13.0 Å². The fourth-order valence-corrected chi connectivity index (χ4v) is 3.91. The van der Waals surface area contributed by atoms with E-state index >= 15 is 0 Å². The second-order valence-corrected chi connectivity index (χ2v) is 7.29. The monoisotopic (exact) mass is 282 g/mol. The topological polar surface area (TPSA) is 40.6 Å². The number of piperazine rings is 1. The van der Waals surface area contributed by atoms with Gasteiger partial charge in [-0.1, -0.05) is 12.1 Å². The highest BCUT2D eigenvalue weighted by Gasteiger charge is 2.28. The summed E-state index contributed by atoms with van der Waals surface area (Å²) in [4.78, 5) is 2.72. The average Bonchev–Trinajstić information content (AvgIpc) is 2.39. The number of aryl methyl sites for hydroxylation is 1. The number of hydrogen-bond acceptors (Lipinski definition) is 3. The van der Waals surface area contributed by atoms with Gasteiger partial charge in [-0.3, -0.25) is 4.90 Å². The highest BCUT2D eigenvalue weighted by atomic mass is 32.2. The van der Waals surface area contributed by atoms with Crippen molar-refractivity contribution in [2.45, 2.75) is 31.7 Å². The normalized spacial score (nSPS) is 18.9. The first-order chi connectivity index (χ1) is 8.91. The van der Waals surface area contributed by atoms with Crippen molar-refractivity contribution in [2.24, 2.45) is 0 Å². The van der Waals surface area contributed by atoms with Crippen LogP contribution in [0.25, 0.3) is 0 Å². The molecule has 1 aromatic rings. The summed E-state index contributed by atoms with van der Waals surface area (Å²) in [6.07, 6.45) is 0. The van der Waals surface area contributed by atoms with E-state index in [4.69, 9.17) is 0 Å². The number of benzene rings is 1. The minimum atomic E-state index is -3.33. The molecule has 0 N–H and O–H groups in total. The van der Waals surface area contributed by atoms with Gasteiger partial charge in [-0.05, 0) is 38.5 Å². The molecule has 1 fully saturated rings. The van der Waals surface area contributed by atoms with Crippen LogP contribution in [0.2, 0.25) is 0 Å². The van der Waals surface area contributed by atoms with Gasteiger partial charge in [0.2, 0.25) is 10.0 Å². The number of nitrogens with zero attached hydrogens (tertiary/aromatic N) is 2. The molecular weight excluding hydrogens is 260 g/mol. The van der Waals surface area contributed by atoms with E-state index < -0.39 is 10.0 Å². The van der Waals surface area contributed by atoms with Gasteiger partial charge in [-0.15, -0.1) is 0 Å². The lowest BCUT2D eigenvalue weighted by Crippen LogP contribution is -2.50. The Bertz CT molecular complexity index is 532. The Hall–Kier alpha value is -0.910. The van der Waals surface area contributed by atoms with Crippen molar-refractivity contribution in [3.05, 3.63) is 29.8 Å². The van der Waals surface area contributed by atoms with E-state index in [1.54, 1.807) is 22.5 Å². The molecule has 0 spiro atoms. The molecule has 4 nitrogen and oxygen atoms in total. The van der Waals surface area contributed by atoms with Crippen molar-refractivity contribution in [3.63, 3.8) is 0 Å². The first kappa shape index (κ1) is 14.5. The minimum Gasteiger partial charge on any atom is -0.298 e. The van der Waals surface area contributed by atoms with Crippen molar-refractivity contribution in [1.29, 1.82) is 0 Å². The van der Waals surface area contributed by atoms with E-state index in [1.165, 1.54) is 0 Å². The number of sulfonamides is 1. The van der Waals surface area contributed by atoms with Crippen LogP contribution in [0.4, 0.5) is 0 Å². The predicted octanol–water partition coefficient (Wildman–Crippen LogP) is 1.71. The SMILES string of the molecule is Cc1cccc(S(=O)(=O)N2CCN(C(C)C)CC2)c1. The van der Waals surface area contributed by atoms with E-state index in [9.17, 15) is 8.42 Å². The van der Waals surface area contributed by atoms with Crippen LogP contribution in [0.3, 0.4) is 0 Å². The molecule has 0 aliphatic carbocycles. The highest BCUT2D eigenvalue weighted by Crippen LogP contribution is 2.19. The van der Waals surface area contributed by atoms with Gasteiger partial charge >= 0.3 is 0 Å². The molecule has 0 bridgehead atoms. The molecule has 0 aromatic heterocycles. The van der Waals surface area contributed by atoms with Crippen LogP contribution >= 0.6 is 0 Å². The van der Waals surface area contributed by atoms with Gasteiger partial charge < -0.3 is 0 Å². The van der Waals surface area contributed by atoms with Crippen LogP contribution < -0.4 is 0 Å². The zero-order chi connectivity index (χ0) is 14.0. The van der Waals surface area contributed by atoms with Gasteiger partial charge in [0.05, 0.1) is 4.90 Å². The maximum absolute atomic E-state index is 12.5. The van der Waals surface area contributed by atoms with Gasteiger partial charge in [0.1, 0.15) is 0 Å². The van der Waals surface area contributed by atoms with Crippen LogP contribution in [0.15, 0.2) is 29.2 Å². The molecule has 0 atom stereocenters. The average molecular weight is 282 g/mol. The summed E-state index contributed by atoms with van der Waals surface area (Å²) in [5, 5.41) is 0. The Morgan fingerprint density at radius 3 is 2.26 bits per heavy atom. The Labute approximate surface area is 116 Å². The van der Waals surface area contributed by atoms with E-state index in [0.29, 0.717) is 24.0 Å². The maximum Gasteiger partial charge on any atom is 0.243 e. The third kappa shape index (κ3) is 3.16. The van der Waals surface area contributed by atoms with Crippen molar-refractivity contribution >= 4 is 10.0 Å². The van der Waals surface area contributed by atoms with Crippen molar-refractivity contribution < 1.29 is 8.42 Å². The molecule has 1 saturated heterocycles. The smallest absolute Gasteiger partial charge is 0.243 e. The standard InChI is InChI=1S/C14H22N2O2S/c1-12(2)15-7-9-16(10-8-15)19(17,18)14-6-4-5-13(3)11-14/h4-6,11-12H,7-10H2,1-3H3. The summed E-state index contributed by atoms with van der Waals surface area (Å²) in [5.74, 6) is 0. The molecule has 1 aliphatic heterocycles. The van der Waals surface area contributed by atoms with Gasteiger partial charge in [0.15, 0.2) is 0 Å². The van der Waals surface area contributed by atoms with E-state index in [2.05, 4.69) is 18.7 Å². The molecule has 0 unspecified atom stereocenters. The van der Waals surface area contributed by atoms with Crippen molar-refractivity contribution in [1.82, 2.24) is 9.21 Å². The van der Waals surface area contributed by atoms with Gasteiger partial charge in [0.25, 0.3) is 0 Å². The maximum atomic E-state index is 12.5. The molecule has 1 heterocycles. The molecule has 0 radical (unpaired) electrons. The quantitative estimate of drug-likeness (QED) is 0.847. The van der Waals surface area contributed by atoms with Crippen LogP contribution in [0, 0.1) is 6.92 Å². The van der Waals surface area contributed by atoms with E-state index in [0.717, 1.165) is 18.7 Å². The molecule has 5 heteroatoms. The predicted molar refractivity (Wildman–Crippen MR) is 76.6 cm³/mol. The Morgan fingerprint density at radius 1 is 1.11 bits per heavy atom. The third-order valence-corrected chi connectivity index (χ3v) is 5.53. The fourth-order valence-electron chi connectivity index (χ4n) is 2.39. The second-order valence-electron chi connectivity index (χ2n) is 5.35. The van der Waals surface area contributed by atoms with Crippen molar-refractivity contribution in [2.75, 3.05) is 26.2 Å². The van der Waals surface area contributed by atoms with Crippen LogP contribution in [0.5, 0.6) is 0 Å². The summed E-state index contributed by atoms with van der Waals surface area (Å²) in [6.45, 7) is 8.97. The largest absolute Gasteiger partial charge is 0.298 e. The lowest BCUT2D eigenvalue weighted by Gasteiger charge is -2.36. The van der Waals surface area contributed by atoms with Gasteiger partial charge in [0, 0.05) is 32.2 Å². The fraction of sp³-hybridized carbons (Fsp3) is 0.571. The molecule has 1 aliphatic rings. The Balaban J connectivity index is 2.14. The van der Waals surface area contributed by atoms with Crippen LogP contribution in [-0.4, -0.2) is 49.8 Å². The summed E-state index contributed by atoms with van der Waals surface area (Å²) in [6, 6.07) is 7.60.